The zero-order valence-electron chi connectivity index (χ0n) is 5.94. The Morgan fingerprint density at radius 2 is 2.33 bits per heavy atom. The Hall–Kier alpha value is -0.150. The van der Waals surface area contributed by atoms with Gasteiger partial charge in [-0.15, -0.1) is 0 Å². The molecule has 0 spiro atoms. The molecule has 0 saturated heterocycles. The lowest BCUT2D eigenvalue weighted by molar-refractivity contribution is 0.196. The minimum Gasteiger partial charge on any atom is -0.385 e. The number of rotatable bonds is 4. The predicted molar refractivity (Wildman–Crippen MR) is 42.8 cm³/mol. The maximum atomic E-state index is 4.84. The molecule has 3 heteroatoms. The Kier molecular flexibility index (Phi) is 5.88. The summed E-state index contributed by atoms with van der Waals surface area (Å²) in [6.45, 7) is 3.60. The summed E-state index contributed by atoms with van der Waals surface area (Å²) in [5.74, 6) is 0. The lowest BCUT2D eigenvalue weighted by Crippen LogP contribution is -2.20. The van der Waals surface area contributed by atoms with Crippen LogP contribution < -0.4 is 5.32 Å². The Morgan fingerprint density at radius 3 is 2.78 bits per heavy atom. The van der Waals surface area contributed by atoms with Gasteiger partial charge < -0.3 is 10.1 Å². The van der Waals surface area contributed by atoms with E-state index in [-0.39, 0.29) is 0 Å². The molecule has 0 rings (SSSR count). The fourth-order valence-corrected chi connectivity index (χ4v) is 0.583. The van der Waals surface area contributed by atoms with Crippen LogP contribution in [0.5, 0.6) is 0 Å². The number of ether oxygens (including phenoxy) is 1. The third kappa shape index (κ3) is 7.85. The van der Waals surface area contributed by atoms with Crippen LogP contribution in [0.2, 0.25) is 0 Å². The van der Waals surface area contributed by atoms with E-state index >= 15 is 0 Å². The van der Waals surface area contributed by atoms with E-state index in [9.17, 15) is 0 Å². The molecule has 54 valence electrons. The second kappa shape index (κ2) is 5.98. The minimum absolute atomic E-state index is 0.801. The normalized spacial score (nSPS) is 9.11. The molecular weight excluding hydrogens is 134 g/mol. The average molecular weight is 147 g/mol. The highest BCUT2D eigenvalue weighted by molar-refractivity contribution is 7.80. The summed E-state index contributed by atoms with van der Waals surface area (Å²) >= 11 is 4.79. The maximum Gasteiger partial charge on any atom is 0.0721 e. The van der Waals surface area contributed by atoms with E-state index in [1.165, 1.54) is 0 Å². The second-order valence-corrected chi connectivity index (χ2v) is 2.44. The molecule has 0 aliphatic rings. The maximum absolute atomic E-state index is 4.84. The van der Waals surface area contributed by atoms with Gasteiger partial charge in [-0.05, 0) is 13.3 Å². The van der Waals surface area contributed by atoms with Gasteiger partial charge in [-0.2, -0.15) is 0 Å². The Balaban J connectivity index is 2.83. The number of methoxy groups -OCH3 is 1. The van der Waals surface area contributed by atoms with Crippen LogP contribution >= 0.6 is 12.2 Å². The van der Waals surface area contributed by atoms with Crippen molar-refractivity contribution in [3.63, 3.8) is 0 Å². The molecule has 2 nitrogen and oxygen atoms in total. The van der Waals surface area contributed by atoms with Gasteiger partial charge in [0, 0.05) is 20.3 Å². The van der Waals surface area contributed by atoms with E-state index in [0.29, 0.717) is 0 Å². The molecule has 0 radical (unpaired) electrons. The Morgan fingerprint density at radius 1 is 1.67 bits per heavy atom. The number of hydrogen-bond acceptors (Lipinski definition) is 2. The van der Waals surface area contributed by atoms with Crippen molar-refractivity contribution < 1.29 is 4.74 Å². The largest absolute Gasteiger partial charge is 0.385 e. The summed E-state index contributed by atoms with van der Waals surface area (Å²) in [5.41, 5.74) is 0. The summed E-state index contributed by atoms with van der Waals surface area (Å²) in [6, 6.07) is 0. The molecule has 0 atom stereocenters. The quantitative estimate of drug-likeness (QED) is 0.473. The minimum atomic E-state index is 0.801. The highest BCUT2D eigenvalue weighted by Crippen LogP contribution is 1.77. The van der Waals surface area contributed by atoms with Crippen LogP contribution in [-0.4, -0.2) is 25.2 Å². The molecule has 0 aromatic heterocycles. The molecule has 0 fully saturated rings. The molecule has 1 N–H and O–H groups in total. The number of hydrogen-bond donors (Lipinski definition) is 1. The summed E-state index contributed by atoms with van der Waals surface area (Å²) in [5, 5.41) is 3.03. The topological polar surface area (TPSA) is 21.3 Å². The summed E-state index contributed by atoms with van der Waals surface area (Å²) in [7, 11) is 1.70. The lowest BCUT2D eigenvalue weighted by atomic mass is 10.4. The van der Waals surface area contributed by atoms with Crippen molar-refractivity contribution in [3.05, 3.63) is 0 Å². The van der Waals surface area contributed by atoms with Crippen molar-refractivity contribution in [3.8, 4) is 0 Å². The van der Waals surface area contributed by atoms with Crippen molar-refractivity contribution in [1.29, 1.82) is 0 Å². The zero-order valence-corrected chi connectivity index (χ0v) is 6.75. The molecule has 0 bridgehead atoms. The number of nitrogens with one attached hydrogen (secondary N) is 1. The monoisotopic (exact) mass is 147 g/mol. The first-order chi connectivity index (χ1) is 4.27. The lowest BCUT2D eigenvalue weighted by Gasteiger charge is -2.01. The van der Waals surface area contributed by atoms with E-state index in [1.54, 1.807) is 7.11 Å². The van der Waals surface area contributed by atoms with Crippen molar-refractivity contribution >= 4 is 17.2 Å². The van der Waals surface area contributed by atoms with Crippen LogP contribution in [0.25, 0.3) is 0 Å². The smallest absolute Gasteiger partial charge is 0.0721 e. The Labute approximate surface area is 61.6 Å². The van der Waals surface area contributed by atoms with E-state index in [2.05, 4.69) is 5.32 Å². The van der Waals surface area contributed by atoms with Crippen LogP contribution in [0.3, 0.4) is 0 Å². The first kappa shape index (κ1) is 8.85. The van der Waals surface area contributed by atoms with Gasteiger partial charge in [0.1, 0.15) is 0 Å². The molecule has 9 heavy (non-hydrogen) atoms. The van der Waals surface area contributed by atoms with Crippen molar-refractivity contribution in [2.24, 2.45) is 0 Å². The predicted octanol–water partition coefficient (Wildman–Crippen LogP) is 0.960. The first-order valence-electron chi connectivity index (χ1n) is 3.00. The standard InChI is InChI=1S/C6H13NOS/c1-6(9)7-4-3-5-8-2/h3-5H2,1-2H3,(H,7,9). The molecule has 0 aromatic rings. The van der Waals surface area contributed by atoms with Crippen LogP contribution in [0.4, 0.5) is 0 Å². The summed E-state index contributed by atoms with van der Waals surface area (Å²) in [4.78, 5) is 0.853. The van der Waals surface area contributed by atoms with Crippen molar-refractivity contribution in [1.82, 2.24) is 5.32 Å². The van der Waals surface area contributed by atoms with Gasteiger partial charge >= 0.3 is 0 Å². The van der Waals surface area contributed by atoms with Crippen LogP contribution in [0.15, 0.2) is 0 Å². The van der Waals surface area contributed by atoms with Crippen LogP contribution in [0.1, 0.15) is 13.3 Å². The molecule has 0 aliphatic heterocycles. The number of thiocarbonyl (C=S) groups is 1. The van der Waals surface area contributed by atoms with Crippen LogP contribution in [-0.2, 0) is 4.74 Å². The molecule has 0 amide bonds. The third-order valence-electron chi connectivity index (χ3n) is 0.899. The first-order valence-corrected chi connectivity index (χ1v) is 3.41. The summed E-state index contributed by atoms with van der Waals surface area (Å²) < 4.78 is 4.84. The molecular formula is C6H13NOS. The Bertz CT molecular complexity index is 85.1. The van der Waals surface area contributed by atoms with Gasteiger partial charge in [0.2, 0.25) is 0 Å². The van der Waals surface area contributed by atoms with Gasteiger partial charge in [0.05, 0.1) is 4.99 Å². The van der Waals surface area contributed by atoms with Crippen molar-refractivity contribution in [2.75, 3.05) is 20.3 Å². The van der Waals surface area contributed by atoms with E-state index in [4.69, 9.17) is 17.0 Å². The van der Waals surface area contributed by atoms with E-state index in [0.717, 1.165) is 24.6 Å². The van der Waals surface area contributed by atoms with Gasteiger partial charge in [0.25, 0.3) is 0 Å². The SMILES string of the molecule is COCCCNC(C)=S. The zero-order chi connectivity index (χ0) is 7.11. The van der Waals surface area contributed by atoms with Gasteiger partial charge in [0.15, 0.2) is 0 Å². The molecule has 0 aliphatic carbocycles. The summed E-state index contributed by atoms with van der Waals surface area (Å²) in [6.07, 6.45) is 1.02. The third-order valence-corrected chi connectivity index (χ3v) is 1.04. The fraction of sp³-hybridized carbons (Fsp3) is 0.833. The highest BCUT2D eigenvalue weighted by Gasteiger charge is 1.85. The van der Waals surface area contributed by atoms with Gasteiger partial charge in [-0.1, -0.05) is 12.2 Å². The van der Waals surface area contributed by atoms with E-state index < -0.39 is 0 Å². The highest BCUT2D eigenvalue weighted by atomic mass is 32.1. The van der Waals surface area contributed by atoms with E-state index in [1.807, 2.05) is 6.92 Å². The average Bonchev–Trinajstić information content (AvgIpc) is 1.80. The fourth-order valence-electron chi connectivity index (χ4n) is 0.481. The van der Waals surface area contributed by atoms with Gasteiger partial charge in [-0.25, -0.2) is 0 Å². The molecule has 0 unspecified atom stereocenters. The second-order valence-electron chi connectivity index (χ2n) is 1.83. The van der Waals surface area contributed by atoms with Crippen LogP contribution in [0, 0.1) is 0 Å². The van der Waals surface area contributed by atoms with Gasteiger partial charge in [-0.3, -0.25) is 0 Å². The molecule has 0 heterocycles. The molecule has 0 saturated carbocycles. The molecule has 0 aromatic carbocycles. The van der Waals surface area contributed by atoms with Crippen molar-refractivity contribution in [2.45, 2.75) is 13.3 Å².